The SMILES string of the molecule is CC(C)(C)c1ccc(NC(=O)c2cccc(OC(F)F)c2)cc1. The molecule has 2 rings (SSSR count). The van der Waals surface area contributed by atoms with Crippen LogP contribution in [0.4, 0.5) is 14.5 Å². The Kier molecular flexibility index (Phi) is 4.98. The third-order valence-electron chi connectivity index (χ3n) is 3.33. The number of halogens is 2. The molecule has 0 saturated heterocycles. The monoisotopic (exact) mass is 319 g/mol. The van der Waals surface area contributed by atoms with Crippen LogP contribution in [0.3, 0.4) is 0 Å². The zero-order valence-corrected chi connectivity index (χ0v) is 13.3. The van der Waals surface area contributed by atoms with Crippen molar-refractivity contribution >= 4 is 11.6 Å². The first kappa shape index (κ1) is 16.9. The van der Waals surface area contributed by atoms with Gasteiger partial charge in [0, 0.05) is 11.3 Å². The Hall–Kier alpha value is -2.43. The van der Waals surface area contributed by atoms with Gasteiger partial charge in [0.05, 0.1) is 0 Å². The van der Waals surface area contributed by atoms with Gasteiger partial charge in [-0.05, 0) is 41.3 Å². The largest absolute Gasteiger partial charge is 0.435 e. The molecule has 0 spiro atoms. The zero-order chi connectivity index (χ0) is 17.0. The highest BCUT2D eigenvalue weighted by Gasteiger charge is 2.14. The maximum absolute atomic E-state index is 12.2. The molecule has 0 aromatic heterocycles. The third kappa shape index (κ3) is 4.77. The Labute approximate surface area is 134 Å². The van der Waals surface area contributed by atoms with Crippen LogP contribution in [0.15, 0.2) is 48.5 Å². The highest BCUT2D eigenvalue weighted by molar-refractivity contribution is 6.04. The molecule has 0 unspecified atom stereocenters. The number of amides is 1. The number of nitrogens with one attached hydrogen (secondary N) is 1. The van der Waals surface area contributed by atoms with Gasteiger partial charge in [0.25, 0.3) is 5.91 Å². The number of anilines is 1. The molecule has 3 nitrogen and oxygen atoms in total. The van der Waals surface area contributed by atoms with E-state index in [2.05, 4.69) is 30.8 Å². The number of carbonyl (C=O) groups excluding carboxylic acids is 1. The van der Waals surface area contributed by atoms with E-state index >= 15 is 0 Å². The molecule has 0 saturated carbocycles. The van der Waals surface area contributed by atoms with Gasteiger partial charge in [-0.3, -0.25) is 4.79 Å². The second kappa shape index (κ2) is 6.77. The van der Waals surface area contributed by atoms with E-state index in [1.807, 2.05) is 24.3 Å². The molecule has 2 aromatic carbocycles. The van der Waals surface area contributed by atoms with Crippen molar-refractivity contribution in [3.8, 4) is 5.75 Å². The predicted octanol–water partition coefficient (Wildman–Crippen LogP) is 4.84. The predicted molar refractivity (Wildman–Crippen MR) is 86.2 cm³/mol. The summed E-state index contributed by atoms with van der Waals surface area (Å²) in [5.74, 6) is -0.427. The van der Waals surface area contributed by atoms with Crippen LogP contribution in [0.1, 0.15) is 36.7 Å². The summed E-state index contributed by atoms with van der Waals surface area (Å²) in [4.78, 5) is 12.2. The van der Waals surface area contributed by atoms with Crippen LogP contribution in [0.2, 0.25) is 0 Å². The van der Waals surface area contributed by atoms with E-state index in [4.69, 9.17) is 0 Å². The van der Waals surface area contributed by atoms with Crippen molar-refractivity contribution in [1.29, 1.82) is 0 Å². The lowest BCUT2D eigenvalue weighted by molar-refractivity contribution is -0.0498. The van der Waals surface area contributed by atoms with Gasteiger partial charge in [0.15, 0.2) is 0 Å². The Balaban J connectivity index is 2.10. The minimum Gasteiger partial charge on any atom is -0.435 e. The molecule has 0 bridgehead atoms. The summed E-state index contributed by atoms with van der Waals surface area (Å²) >= 11 is 0. The van der Waals surface area contributed by atoms with Crippen molar-refractivity contribution in [3.63, 3.8) is 0 Å². The molecule has 122 valence electrons. The molecular weight excluding hydrogens is 300 g/mol. The molecule has 1 amide bonds. The minimum absolute atomic E-state index is 0.0312. The fourth-order valence-electron chi connectivity index (χ4n) is 2.07. The molecule has 5 heteroatoms. The number of hydrogen-bond donors (Lipinski definition) is 1. The number of carbonyl (C=O) groups is 1. The van der Waals surface area contributed by atoms with E-state index in [0.717, 1.165) is 5.56 Å². The average molecular weight is 319 g/mol. The lowest BCUT2D eigenvalue weighted by Gasteiger charge is -2.19. The van der Waals surface area contributed by atoms with Crippen LogP contribution in [0, 0.1) is 0 Å². The Morgan fingerprint density at radius 3 is 2.30 bits per heavy atom. The normalized spacial score (nSPS) is 11.4. The molecule has 0 aliphatic heterocycles. The van der Waals surface area contributed by atoms with Gasteiger partial charge < -0.3 is 10.1 Å². The van der Waals surface area contributed by atoms with E-state index in [9.17, 15) is 13.6 Å². The number of benzene rings is 2. The zero-order valence-electron chi connectivity index (χ0n) is 13.3. The first-order chi connectivity index (χ1) is 10.8. The summed E-state index contributed by atoms with van der Waals surface area (Å²) in [5, 5.41) is 2.74. The summed E-state index contributed by atoms with van der Waals surface area (Å²) in [6.45, 7) is 3.40. The van der Waals surface area contributed by atoms with Gasteiger partial charge in [0.1, 0.15) is 5.75 Å². The van der Waals surface area contributed by atoms with Gasteiger partial charge >= 0.3 is 6.61 Å². The van der Waals surface area contributed by atoms with Crippen LogP contribution in [0.5, 0.6) is 5.75 Å². The number of alkyl halides is 2. The number of rotatable bonds is 4. The molecule has 0 radical (unpaired) electrons. The quantitative estimate of drug-likeness (QED) is 0.876. The molecule has 0 aliphatic rings. The number of ether oxygens (including phenoxy) is 1. The van der Waals surface area contributed by atoms with E-state index < -0.39 is 6.61 Å². The Morgan fingerprint density at radius 1 is 1.09 bits per heavy atom. The molecule has 0 fully saturated rings. The molecule has 0 heterocycles. The van der Waals surface area contributed by atoms with Gasteiger partial charge in [0.2, 0.25) is 0 Å². The summed E-state index contributed by atoms with van der Waals surface area (Å²) in [5.41, 5.74) is 2.08. The first-order valence-electron chi connectivity index (χ1n) is 7.22. The van der Waals surface area contributed by atoms with Gasteiger partial charge in [-0.1, -0.05) is 39.0 Å². The van der Waals surface area contributed by atoms with E-state index in [1.165, 1.54) is 24.3 Å². The summed E-state index contributed by atoms with van der Waals surface area (Å²) < 4.78 is 28.7. The van der Waals surface area contributed by atoms with Crippen molar-refractivity contribution in [3.05, 3.63) is 59.7 Å². The summed E-state index contributed by atoms with van der Waals surface area (Å²) in [6, 6.07) is 13.2. The van der Waals surface area contributed by atoms with Crippen molar-refractivity contribution in [2.45, 2.75) is 32.8 Å². The third-order valence-corrected chi connectivity index (χ3v) is 3.33. The average Bonchev–Trinajstić information content (AvgIpc) is 2.46. The van der Waals surface area contributed by atoms with Crippen LogP contribution < -0.4 is 10.1 Å². The summed E-state index contributed by atoms with van der Waals surface area (Å²) in [6.07, 6.45) is 0. The van der Waals surface area contributed by atoms with E-state index in [1.54, 1.807) is 0 Å². The van der Waals surface area contributed by atoms with Crippen LogP contribution in [-0.4, -0.2) is 12.5 Å². The van der Waals surface area contributed by atoms with Crippen molar-refractivity contribution in [2.24, 2.45) is 0 Å². The molecule has 23 heavy (non-hydrogen) atoms. The molecule has 0 aliphatic carbocycles. The number of hydrogen-bond acceptors (Lipinski definition) is 2. The fourth-order valence-corrected chi connectivity index (χ4v) is 2.07. The highest BCUT2D eigenvalue weighted by atomic mass is 19.3. The topological polar surface area (TPSA) is 38.3 Å². The minimum atomic E-state index is -2.92. The van der Waals surface area contributed by atoms with Gasteiger partial charge in [-0.2, -0.15) is 8.78 Å². The van der Waals surface area contributed by atoms with Crippen molar-refractivity contribution in [1.82, 2.24) is 0 Å². The smallest absolute Gasteiger partial charge is 0.387 e. The maximum atomic E-state index is 12.2. The lowest BCUT2D eigenvalue weighted by Crippen LogP contribution is -2.14. The molecule has 2 aromatic rings. The molecule has 1 N–H and O–H groups in total. The van der Waals surface area contributed by atoms with E-state index in [0.29, 0.717) is 5.69 Å². The van der Waals surface area contributed by atoms with Gasteiger partial charge in [-0.15, -0.1) is 0 Å². The van der Waals surface area contributed by atoms with E-state index in [-0.39, 0.29) is 22.6 Å². The summed E-state index contributed by atoms with van der Waals surface area (Å²) in [7, 11) is 0. The molecular formula is C18H19F2NO2. The van der Waals surface area contributed by atoms with Crippen molar-refractivity contribution in [2.75, 3.05) is 5.32 Å². The van der Waals surface area contributed by atoms with Crippen LogP contribution in [-0.2, 0) is 5.41 Å². The Bertz CT molecular complexity index is 676. The molecule has 0 atom stereocenters. The first-order valence-corrected chi connectivity index (χ1v) is 7.22. The highest BCUT2D eigenvalue weighted by Crippen LogP contribution is 2.24. The van der Waals surface area contributed by atoms with Crippen molar-refractivity contribution < 1.29 is 18.3 Å². The standard InChI is InChI=1S/C18H19F2NO2/c1-18(2,3)13-7-9-14(10-8-13)21-16(22)12-5-4-6-15(11-12)23-17(19)20/h4-11,17H,1-3H3,(H,21,22). The lowest BCUT2D eigenvalue weighted by atomic mass is 9.87. The van der Waals surface area contributed by atoms with Crippen LogP contribution >= 0.6 is 0 Å². The van der Waals surface area contributed by atoms with Gasteiger partial charge in [-0.25, -0.2) is 0 Å². The Morgan fingerprint density at radius 2 is 1.74 bits per heavy atom. The second-order valence-electron chi connectivity index (χ2n) is 6.19. The maximum Gasteiger partial charge on any atom is 0.387 e. The fraction of sp³-hybridized carbons (Fsp3) is 0.278. The van der Waals surface area contributed by atoms with Crippen LogP contribution in [0.25, 0.3) is 0 Å². The second-order valence-corrected chi connectivity index (χ2v) is 6.19.